The molecule has 152 valence electrons. The Labute approximate surface area is 179 Å². The molecular weight excluding hydrogens is 458 g/mol. The minimum atomic E-state index is -0.207. The molecule has 0 aliphatic heterocycles. The standard InChI is InChI=1S/C20H31FN4O.HI/c1-4-22-20(23-12-11-19(26)25-17-7-5-6-8-17)24-15(3)16-10-9-14(2)18(21)13-16;/h9-10,13,15,17H,4-8,11-12H2,1-3H3,(H,25,26)(H2,22,23,24);1H. The van der Waals surface area contributed by atoms with Crippen LogP contribution in [0.4, 0.5) is 4.39 Å². The zero-order valence-corrected chi connectivity index (χ0v) is 18.8. The summed E-state index contributed by atoms with van der Waals surface area (Å²) in [5.74, 6) is 0.487. The van der Waals surface area contributed by atoms with Crippen molar-refractivity contribution in [2.75, 3.05) is 13.1 Å². The maximum Gasteiger partial charge on any atom is 0.222 e. The molecule has 27 heavy (non-hydrogen) atoms. The van der Waals surface area contributed by atoms with Crippen molar-refractivity contribution < 1.29 is 9.18 Å². The lowest BCUT2D eigenvalue weighted by atomic mass is 10.1. The Balaban J connectivity index is 0.00000364. The molecule has 1 unspecified atom stereocenters. The van der Waals surface area contributed by atoms with E-state index < -0.39 is 0 Å². The van der Waals surface area contributed by atoms with E-state index in [0.29, 0.717) is 30.5 Å². The van der Waals surface area contributed by atoms with Crippen molar-refractivity contribution in [1.82, 2.24) is 16.0 Å². The van der Waals surface area contributed by atoms with Crippen LogP contribution >= 0.6 is 24.0 Å². The van der Waals surface area contributed by atoms with E-state index in [1.165, 1.54) is 12.8 Å². The first-order chi connectivity index (χ1) is 12.5. The van der Waals surface area contributed by atoms with Crippen molar-refractivity contribution in [2.24, 2.45) is 4.99 Å². The number of benzene rings is 1. The molecule has 1 atom stereocenters. The molecule has 1 aliphatic rings. The van der Waals surface area contributed by atoms with Gasteiger partial charge < -0.3 is 16.0 Å². The summed E-state index contributed by atoms with van der Waals surface area (Å²) in [6.45, 7) is 6.83. The molecule has 2 rings (SSSR count). The Bertz CT molecular complexity index is 632. The highest BCUT2D eigenvalue weighted by Gasteiger charge is 2.16. The summed E-state index contributed by atoms with van der Waals surface area (Å²) in [5, 5.41) is 9.51. The summed E-state index contributed by atoms with van der Waals surface area (Å²) >= 11 is 0. The van der Waals surface area contributed by atoms with Crippen molar-refractivity contribution in [1.29, 1.82) is 0 Å². The summed E-state index contributed by atoms with van der Waals surface area (Å²) in [4.78, 5) is 16.5. The molecule has 1 aliphatic carbocycles. The fourth-order valence-corrected chi connectivity index (χ4v) is 3.13. The van der Waals surface area contributed by atoms with Crippen LogP contribution in [-0.4, -0.2) is 31.0 Å². The van der Waals surface area contributed by atoms with Crippen molar-refractivity contribution in [2.45, 2.75) is 65.0 Å². The zero-order chi connectivity index (χ0) is 18.9. The third-order valence-corrected chi connectivity index (χ3v) is 4.72. The molecular formula is C20H32FIN4O. The molecule has 1 amide bonds. The molecule has 5 nitrogen and oxygen atoms in total. The van der Waals surface area contributed by atoms with Gasteiger partial charge in [0.05, 0.1) is 12.6 Å². The van der Waals surface area contributed by atoms with Crippen LogP contribution in [0.1, 0.15) is 63.1 Å². The lowest BCUT2D eigenvalue weighted by Crippen LogP contribution is -2.39. The third kappa shape index (κ3) is 8.02. The smallest absolute Gasteiger partial charge is 0.222 e. The van der Waals surface area contributed by atoms with Gasteiger partial charge in [-0.3, -0.25) is 9.79 Å². The number of hydrogen-bond acceptors (Lipinski definition) is 2. The number of aliphatic imine (C=N–C) groups is 1. The van der Waals surface area contributed by atoms with Crippen molar-refractivity contribution >= 4 is 35.8 Å². The summed E-state index contributed by atoms with van der Waals surface area (Å²) in [5.41, 5.74) is 1.49. The van der Waals surface area contributed by atoms with Crippen LogP contribution in [0.15, 0.2) is 23.2 Å². The highest BCUT2D eigenvalue weighted by atomic mass is 127. The second kappa shape index (κ2) is 12.2. The number of nitrogens with one attached hydrogen (secondary N) is 3. The number of nitrogens with zero attached hydrogens (tertiary/aromatic N) is 1. The molecule has 1 aromatic carbocycles. The van der Waals surface area contributed by atoms with Crippen molar-refractivity contribution in [3.05, 3.63) is 35.1 Å². The van der Waals surface area contributed by atoms with Gasteiger partial charge in [-0.2, -0.15) is 0 Å². The van der Waals surface area contributed by atoms with Gasteiger partial charge >= 0.3 is 0 Å². The Morgan fingerprint density at radius 2 is 2.04 bits per heavy atom. The van der Waals surface area contributed by atoms with Gasteiger partial charge in [-0.15, -0.1) is 24.0 Å². The molecule has 1 saturated carbocycles. The Hall–Kier alpha value is -1.38. The Kier molecular flexibility index (Phi) is 10.6. The summed E-state index contributed by atoms with van der Waals surface area (Å²) in [6, 6.07) is 5.49. The first-order valence-electron chi connectivity index (χ1n) is 9.60. The second-order valence-corrected chi connectivity index (χ2v) is 6.93. The van der Waals surface area contributed by atoms with Gasteiger partial charge in [-0.25, -0.2) is 4.39 Å². The summed E-state index contributed by atoms with van der Waals surface area (Å²) < 4.78 is 13.8. The van der Waals surface area contributed by atoms with Crippen LogP contribution in [-0.2, 0) is 4.79 Å². The number of carbonyl (C=O) groups is 1. The Morgan fingerprint density at radius 1 is 1.33 bits per heavy atom. The van der Waals surface area contributed by atoms with E-state index in [9.17, 15) is 9.18 Å². The van der Waals surface area contributed by atoms with Gasteiger partial charge in [0.15, 0.2) is 5.96 Å². The maximum atomic E-state index is 13.8. The lowest BCUT2D eigenvalue weighted by Gasteiger charge is -2.18. The van der Waals surface area contributed by atoms with E-state index in [0.717, 1.165) is 24.9 Å². The van der Waals surface area contributed by atoms with Crippen LogP contribution in [0.25, 0.3) is 0 Å². The largest absolute Gasteiger partial charge is 0.357 e. The maximum absolute atomic E-state index is 13.8. The van der Waals surface area contributed by atoms with E-state index in [1.807, 2.05) is 19.9 Å². The normalized spacial score (nSPS) is 15.8. The molecule has 1 aromatic rings. The fraction of sp³-hybridized carbons (Fsp3) is 0.600. The van der Waals surface area contributed by atoms with Gasteiger partial charge in [0.1, 0.15) is 5.82 Å². The van der Waals surface area contributed by atoms with Gasteiger partial charge in [0.25, 0.3) is 0 Å². The number of rotatable bonds is 7. The van der Waals surface area contributed by atoms with Crippen molar-refractivity contribution in [3.8, 4) is 0 Å². The van der Waals surface area contributed by atoms with E-state index in [-0.39, 0.29) is 41.7 Å². The second-order valence-electron chi connectivity index (χ2n) is 6.93. The quantitative estimate of drug-likeness (QED) is 0.310. The molecule has 0 spiro atoms. The minimum absolute atomic E-state index is 0. The zero-order valence-electron chi connectivity index (χ0n) is 16.5. The molecule has 0 saturated heterocycles. The first-order valence-corrected chi connectivity index (χ1v) is 9.60. The van der Waals surface area contributed by atoms with Crippen LogP contribution in [0.2, 0.25) is 0 Å². The molecule has 1 fully saturated rings. The van der Waals surface area contributed by atoms with E-state index in [4.69, 9.17) is 0 Å². The highest BCUT2D eigenvalue weighted by molar-refractivity contribution is 14.0. The topological polar surface area (TPSA) is 65.5 Å². The molecule has 7 heteroatoms. The molecule has 0 heterocycles. The number of amides is 1. The van der Waals surface area contributed by atoms with E-state index in [1.54, 1.807) is 19.1 Å². The molecule has 0 radical (unpaired) electrons. The predicted octanol–water partition coefficient (Wildman–Crippen LogP) is 3.82. The van der Waals surface area contributed by atoms with Crippen LogP contribution in [0.5, 0.6) is 0 Å². The van der Waals surface area contributed by atoms with E-state index in [2.05, 4.69) is 20.9 Å². The van der Waals surface area contributed by atoms with Crippen LogP contribution < -0.4 is 16.0 Å². The highest BCUT2D eigenvalue weighted by Crippen LogP contribution is 2.18. The third-order valence-electron chi connectivity index (χ3n) is 4.72. The van der Waals surface area contributed by atoms with Crippen LogP contribution in [0, 0.1) is 12.7 Å². The first kappa shape index (κ1) is 23.7. The van der Waals surface area contributed by atoms with Gasteiger partial charge in [0, 0.05) is 19.0 Å². The molecule has 0 aromatic heterocycles. The average molecular weight is 490 g/mol. The number of carbonyl (C=O) groups excluding carboxylic acids is 1. The Morgan fingerprint density at radius 3 is 2.67 bits per heavy atom. The summed E-state index contributed by atoms with van der Waals surface area (Å²) in [6.07, 6.45) is 4.96. The monoisotopic (exact) mass is 490 g/mol. The molecule has 3 N–H and O–H groups in total. The predicted molar refractivity (Wildman–Crippen MR) is 119 cm³/mol. The number of hydrogen-bond donors (Lipinski definition) is 3. The number of aryl methyl sites for hydroxylation is 1. The molecule has 0 bridgehead atoms. The van der Waals surface area contributed by atoms with E-state index >= 15 is 0 Å². The fourth-order valence-electron chi connectivity index (χ4n) is 3.13. The number of guanidine groups is 1. The van der Waals surface area contributed by atoms with Crippen LogP contribution in [0.3, 0.4) is 0 Å². The SMILES string of the molecule is CCNC(=NCCC(=O)NC1CCCC1)NC(C)c1ccc(C)c(F)c1.I. The van der Waals surface area contributed by atoms with Crippen molar-refractivity contribution in [3.63, 3.8) is 0 Å². The van der Waals surface area contributed by atoms with Gasteiger partial charge in [-0.1, -0.05) is 25.0 Å². The lowest BCUT2D eigenvalue weighted by molar-refractivity contribution is -0.121. The summed E-state index contributed by atoms with van der Waals surface area (Å²) in [7, 11) is 0. The minimum Gasteiger partial charge on any atom is -0.357 e. The van der Waals surface area contributed by atoms with Gasteiger partial charge in [0.2, 0.25) is 5.91 Å². The average Bonchev–Trinajstić information content (AvgIpc) is 3.10. The number of halogens is 2. The van der Waals surface area contributed by atoms with Gasteiger partial charge in [-0.05, 0) is 50.8 Å².